The monoisotopic (exact) mass is 303 g/mol. The number of rotatable bonds is 3. The smallest absolute Gasteiger partial charge is 0.270 e. The molecule has 0 unspecified atom stereocenters. The van der Waals surface area contributed by atoms with Crippen molar-refractivity contribution in [3.8, 4) is 0 Å². The third-order valence-electron chi connectivity index (χ3n) is 3.06. The van der Waals surface area contributed by atoms with Crippen LogP contribution < -0.4 is 5.32 Å². The number of hydrogen-bond acceptors (Lipinski definition) is 6. The summed E-state index contributed by atoms with van der Waals surface area (Å²) in [4.78, 5) is 24.8. The van der Waals surface area contributed by atoms with Crippen LogP contribution in [0.2, 0.25) is 0 Å². The first-order valence-electron chi connectivity index (χ1n) is 7.06. The summed E-state index contributed by atoms with van der Waals surface area (Å²) >= 11 is 0. The standard InChI is InChI=1S/C15H21N5O2/c1-9-16-8-7-10(17-9)11(21)19-15(5,6)12-18-13(22-20-12)14(2,3)4/h7-8H,1-6H3,(H,19,21). The van der Waals surface area contributed by atoms with Crippen molar-refractivity contribution in [3.63, 3.8) is 0 Å². The van der Waals surface area contributed by atoms with Gasteiger partial charge in [-0.1, -0.05) is 25.9 Å². The fourth-order valence-electron chi connectivity index (χ4n) is 1.77. The highest BCUT2D eigenvalue weighted by Gasteiger charge is 2.32. The molecule has 0 aromatic carbocycles. The molecule has 0 saturated heterocycles. The zero-order valence-electron chi connectivity index (χ0n) is 13.8. The Balaban J connectivity index is 2.20. The average Bonchev–Trinajstić information content (AvgIpc) is 2.88. The molecule has 1 amide bonds. The van der Waals surface area contributed by atoms with E-state index in [2.05, 4.69) is 25.4 Å². The minimum absolute atomic E-state index is 0.241. The summed E-state index contributed by atoms with van der Waals surface area (Å²) in [7, 11) is 0. The molecule has 0 spiro atoms. The molecule has 2 rings (SSSR count). The largest absolute Gasteiger partial charge is 0.339 e. The normalized spacial score (nSPS) is 12.3. The van der Waals surface area contributed by atoms with Crippen molar-refractivity contribution >= 4 is 5.91 Å². The maximum absolute atomic E-state index is 12.3. The maximum atomic E-state index is 12.3. The highest BCUT2D eigenvalue weighted by Crippen LogP contribution is 2.24. The van der Waals surface area contributed by atoms with Crippen molar-refractivity contribution in [1.82, 2.24) is 25.4 Å². The van der Waals surface area contributed by atoms with E-state index in [1.54, 1.807) is 19.2 Å². The van der Waals surface area contributed by atoms with Crippen LogP contribution in [0.4, 0.5) is 0 Å². The number of nitrogens with one attached hydrogen (secondary N) is 1. The maximum Gasteiger partial charge on any atom is 0.270 e. The van der Waals surface area contributed by atoms with Crippen molar-refractivity contribution in [2.24, 2.45) is 0 Å². The lowest BCUT2D eigenvalue weighted by Gasteiger charge is -2.22. The third kappa shape index (κ3) is 3.47. The topological polar surface area (TPSA) is 93.8 Å². The Morgan fingerprint density at radius 1 is 1.18 bits per heavy atom. The number of aryl methyl sites for hydroxylation is 1. The van der Waals surface area contributed by atoms with E-state index in [0.29, 0.717) is 23.2 Å². The lowest BCUT2D eigenvalue weighted by Crippen LogP contribution is -2.42. The van der Waals surface area contributed by atoms with Crippen LogP contribution in [0.3, 0.4) is 0 Å². The molecule has 2 aromatic heterocycles. The van der Waals surface area contributed by atoms with Gasteiger partial charge < -0.3 is 9.84 Å². The minimum Gasteiger partial charge on any atom is -0.339 e. The van der Waals surface area contributed by atoms with E-state index >= 15 is 0 Å². The van der Waals surface area contributed by atoms with Crippen LogP contribution in [-0.4, -0.2) is 26.0 Å². The fourth-order valence-corrected chi connectivity index (χ4v) is 1.77. The zero-order chi connectivity index (χ0) is 16.5. The summed E-state index contributed by atoms with van der Waals surface area (Å²) in [5.74, 6) is 1.19. The van der Waals surface area contributed by atoms with Crippen molar-refractivity contribution in [3.05, 3.63) is 35.5 Å². The van der Waals surface area contributed by atoms with Gasteiger partial charge in [-0.15, -0.1) is 0 Å². The van der Waals surface area contributed by atoms with E-state index in [1.165, 1.54) is 0 Å². The molecule has 1 N–H and O–H groups in total. The Labute approximate surface area is 129 Å². The van der Waals surface area contributed by atoms with E-state index in [0.717, 1.165) is 0 Å². The molecular formula is C15H21N5O2. The average molecular weight is 303 g/mol. The molecule has 22 heavy (non-hydrogen) atoms. The highest BCUT2D eigenvalue weighted by atomic mass is 16.5. The predicted molar refractivity (Wildman–Crippen MR) is 80.3 cm³/mol. The van der Waals surface area contributed by atoms with Gasteiger partial charge in [0.15, 0.2) is 5.82 Å². The van der Waals surface area contributed by atoms with E-state index in [9.17, 15) is 4.79 Å². The molecule has 0 bridgehead atoms. The molecule has 0 saturated carbocycles. The Bertz CT molecular complexity index is 685. The first-order chi connectivity index (χ1) is 10.1. The lowest BCUT2D eigenvalue weighted by molar-refractivity contribution is 0.0901. The molecule has 118 valence electrons. The molecule has 0 aliphatic rings. The van der Waals surface area contributed by atoms with Crippen molar-refractivity contribution in [2.45, 2.75) is 52.5 Å². The molecule has 2 heterocycles. The second kappa shape index (κ2) is 5.47. The van der Waals surface area contributed by atoms with Crippen LogP contribution in [0.5, 0.6) is 0 Å². The number of carbonyl (C=O) groups is 1. The van der Waals surface area contributed by atoms with Gasteiger partial charge in [-0.25, -0.2) is 9.97 Å². The second-order valence-corrected chi connectivity index (χ2v) is 6.74. The van der Waals surface area contributed by atoms with Crippen LogP contribution >= 0.6 is 0 Å². The van der Waals surface area contributed by atoms with Crippen molar-refractivity contribution < 1.29 is 9.32 Å². The molecule has 0 atom stereocenters. The summed E-state index contributed by atoms with van der Waals surface area (Å²) in [6.07, 6.45) is 1.55. The van der Waals surface area contributed by atoms with Gasteiger partial charge in [0.25, 0.3) is 5.91 Å². The Morgan fingerprint density at radius 2 is 1.86 bits per heavy atom. The summed E-state index contributed by atoms with van der Waals surface area (Å²) in [6.45, 7) is 11.3. The van der Waals surface area contributed by atoms with Gasteiger partial charge in [-0.3, -0.25) is 4.79 Å². The van der Waals surface area contributed by atoms with Gasteiger partial charge in [-0.05, 0) is 26.8 Å². The minimum atomic E-state index is -0.775. The SMILES string of the molecule is Cc1nccc(C(=O)NC(C)(C)c2noc(C(C)(C)C)n2)n1. The molecule has 7 nitrogen and oxygen atoms in total. The van der Waals surface area contributed by atoms with E-state index in [1.807, 2.05) is 34.6 Å². The van der Waals surface area contributed by atoms with Crippen LogP contribution in [0, 0.1) is 6.92 Å². The first kappa shape index (κ1) is 16.1. The quantitative estimate of drug-likeness (QED) is 0.933. The summed E-state index contributed by atoms with van der Waals surface area (Å²) in [5, 5.41) is 6.85. The van der Waals surface area contributed by atoms with Gasteiger partial charge in [0.05, 0.1) is 5.54 Å². The summed E-state index contributed by atoms with van der Waals surface area (Å²) < 4.78 is 5.28. The van der Waals surface area contributed by atoms with Gasteiger partial charge >= 0.3 is 0 Å². The van der Waals surface area contributed by atoms with E-state index in [4.69, 9.17) is 4.52 Å². The zero-order valence-corrected chi connectivity index (χ0v) is 13.8. The number of aromatic nitrogens is 4. The van der Waals surface area contributed by atoms with E-state index in [-0.39, 0.29) is 11.3 Å². The van der Waals surface area contributed by atoms with Crippen LogP contribution in [0.25, 0.3) is 0 Å². The van der Waals surface area contributed by atoms with Crippen LogP contribution in [0.1, 0.15) is 62.6 Å². The second-order valence-electron chi connectivity index (χ2n) is 6.74. The fraction of sp³-hybridized carbons (Fsp3) is 0.533. The predicted octanol–water partition coefficient (Wildman–Crippen LogP) is 2.13. The van der Waals surface area contributed by atoms with Gasteiger partial charge in [0.2, 0.25) is 5.89 Å². The Morgan fingerprint density at radius 3 is 2.41 bits per heavy atom. The summed E-state index contributed by atoms with van der Waals surface area (Å²) in [6, 6.07) is 1.56. The van der Waals surface area contributed by atoms with Gasteiger partial charge in [-0.2, -0.15) is 4.98 Å². The van der Waals surface area contributed by atoms with Crippen LogP contribution in [-0.2, 0) is 11.0 Å². The molecule has 0 aliphatic carbocycles. The van der Waals surface area contributed by atoms with Crippen LogP contribution in [0.15, 0.2) is 16.8 Å². The number of nitrogens with zero attached hydrogens (tertiary/aromatic N) is 4. The highest BCUT2D eigenvalue weighted by molar-refractivity contribution is 5.92. The molecule has 0 fully saturated rings. The van der Waals surface area contributed by atoms with Crippen molar-refractivity contribution in [1.29, 1.82) is 0 Å². The number of carbonyl (C=O) groups excluding carboxylic acids is 1. The third-order valence-corrected chi connectivity index (χ3v) is 3.06. The molecular weight excluding hydrogens is 282 g/mol. The molecule has 7 heteroatoms. The Hall–Kier alpha value is -2.31. The van der Waals surface area contributed by atoms with Crippen molar-refractivity contribution in [2.75, 3.05) is 0 Å². The van der Waals surface area contributed by atoms with Gasteiger partial charge in [0.1, 0.15) is 11.5 Å². The molecule has 2 aromatic rings. The lowest BCUT2D eigenvalue weighted by atomic mass is 9.97. The first-order valence-corrected chi connectivity index (χ1v) is 7.06. The number of hydrogen-bond donors (Lipinski definition) is 1. The molecule has 0 radical (unpaired) electrons. The molecule has 0 aliphatic heterocycles. The number of amides is 1. The summed E-state index contributed by atoms with van der Waals surface area (Å²) in [5.41, 5.74) is -0.710. The van der Waals surface area contributed by atoms with E-state index < -0.39 is 5.54 Å². The Kier molecular flexibility index (Phi) is 4.00. The van der Waals surface area contributed by atoms with Gasteiger partial charge in [0, 0.05) is 11.6 Å².